The third-order valence-electron chi connectivity index (χ3n) is 4.78. The first-order chi connectivity index (χ1) is 14.3. The molecule has 1 saturated heterocycles. The highest BCUT2D eigenvalue weighted by atomic mass is 35.5. The lowest BCUT2D eigenvalue weighted by Crippen LogP contribution is -2.21. The Morgan fingerprint density at radius 3 is 2.23 bits per heavy atom. The zero-order valence-electron chi connectivity index (χ0n) is 17.7. The minimum Gasteiger partial charge on any atom is -0.495 e. The highest BCUT2D eigenvalue weighted by Crippen LogP contribution is 2.38. The second kappa shape index (κ2) is 10.5. The molecule has 0 radical (unpaired) electrons. The van der Waals surface area contributed by atoms with Gasteiger partial charge in [0.15, 0.2) is 11.5 Å². The molecule has 1 heterocycles. The second-order valence-corrected chi connectivity index (χ2v) is 8.96. The van der Waals surface area contributed by atoms with Crippen molar-refractivity contribution >= 4 is 39.7 Å². The molecule has 3 rings (SSSR count). The van der Waals surface area contributed by atoms with Gasteiger partial charge in [-0.1, -0.05) is 11.6 Å². The smallest absolute Gasteiger partial charge is 0.265 e. The summed E-state index contributed by atoms with van der Waals surface area (Å²) in [5.74, 6) is 1.18. The Bertz CT molecular complexity index is 1020. The van der Waals surface area contributed by atoms with Crippen LogP contribution in [0.2, 0.25) is 5.02 Å². The van der Waals surface area contributed by atoms with Crippen molar-refractivity contribution in [2.45, 2.75) is 17.4 Å². The van der Waals surface area contributed by atoms with Gasteiger partial charge in [-0.05, 0) is 25.6 Å². The number of anilines is 1. The number of hydrogen-bond acceptors (Lipinski definition) is 7. The maximum Gasteiger partial charge on any atom is 0.265 e. The fourth-order valence-electron chi connectivity index (χ4n) is 3.25. The van der Waals surface area contributed by atoms with Crippen molar-refractivity contribution in [3.05, 3.63) is 35.4 Å². The first-order valence-electron chi connectivity index (χ1n) is 9.25. The van der Waals surface area contributed by atoms with Gasteiger partial charge in [0.1, 0.15) is 22.5 Å². The number of benzene rings is 2. The molecule has 1 aliphatic heterocycles. The quantitative estimate of drug-likeness (QED) is 0.601. The van der Waals surface area contributed by atoms with Crippen LogP contribution in [0.15, 0.2) is 35.2 Å². The number of sulfonamides is 1. The molecule has 0 amide bonds. The molecule has 0 aromatic heterocycles. The summed E-state index contributed by atoms with van der Waals surface area (Å²) in [6.45, 7) is 1.73. The average Bonchev–Trinajstić information content (AvgIpc) is 3.13. The number of ether oxygens (including phenoxy) is 4. The molecule has 0 unspecified atom stereocenters. The number of rotatable bonds is 8. The van der Waals surface area contributed by atoms with E-state index in [1.807, 2.05) is 7.05 Å². The summed E-state index contributed by atoms with van der Waals surface area (Å²) in [6.07, 6.45) is 0.885. The fourth-order valence-corrected chi connectivity index (χ4v) is 4.63. The van der Waals surface area contributed by atoms with Crippen LogP contribution in [-0.4, -0.2) is 60.9 Å². The zero-order chi connectivity index (χ0) is 21.9. The van der Waals surface area contributed by atoms with E-state index >= 15 is 0 Å². The molecular weight excluding hydrogens is 467 g/mol. The molecule has 8 nitrogen and oxygen atoms in total. The molecule has 0 spiro atoms. The van der Waals surface area contributed by atoms with Crippen LogP contribution < -0.4 is 23.7 Å². The molecule has 0 saturated carbocycles. The van der Waals surface area contributed by atoms with Crippen LogP contribution >= 0.6 is 24.0 Å². The summed E-state index contributed by atoms with van der Waals surface area (Å²) < 4.78 is 50.3. The fraction of sp³-hybridized carbons (Fsp3) is 0.400. The Kier molecular flexibility index (Phi) is 8.53. The molecule has 11 heteroatoms. The van der Waals surface area contributed by atoms with Gasteiger partial charge in [0.2, 0.25) is 0 Å². The molecule has 1 fully saturated rings. The van der Waals surface area contributed by atoms with Crippen LogP contribution in [-0.2, 0) is 10.0 Å². The van der Waals surface area contributed by atoms with E-state index in [-0.39, 0.29) is 34.9 Å². The minimum atomic E-state index is -4.00. The van der Waals surface area contributed by atoms with Gasteiger partial charge in [0.25, 0.3) is 10.0 Å². The first-order valence-corrected chi connectivity index (χ1v) is 11.1. The van der Waals surface area contributed by atoms with Gasteiger partial charge in [-0.2, -0.15) is 0 Å². The zero-order valence-corrected chi connectivity index (χ0v) is 20.1. The number of nitrogens with one attached hydrogen (secondary N) is 1. The van der Waals surface area contributed by atoms with Crippen LogP contribution in [0.1, 0.15) is 6.42 Å². The van der Waals surface area contributed by atoms with E-state index < -0.39 is 10.0 Å². The van der Waals surface area contributed by atoms with E-state index in [1.54, 1.807) is 18.2 Å². The van der Waals surface area contributed by atoms with E-state index in [4.69, 9.17) is 30.5 Å². The Hall–Kier alpha value is -2.07. The van der Waals surface area contributed by atoms with Crippen molar-refractivity contribution < 1.29 is 27.4 Å². The minimum absolute atomic E-state index is 0. The van der Waals surface area contributed by atoms with Gasteiger partial charge < -0.3 is 23.8 Å². The topological polar surface area (TPSA) is 86.3 Å². The first kappa shape index (κ1) is 25.2. The maximum atomic E-state index is 13.1. The maximum absolute atomic E-state index is 13.1. The normalized spacial score (nSPS) is 16.4. The standard InChI is InChI=1S/C20H25ClN2O6S.ClH/c1-23-8-7-14(12-23)29-16-9-13(5-6-15(16)21)22-30(24,25)20-11-18(27-3)17(26-2)10-19(20)28-4;/h5-6,9-11,14,22H,7-8,12H2,1-4H3;1H/t14-;/m1./s1. The van der Waals surface area contributed by atoms with E-state index in [9.17, 15) is 8.42 Å². The number of nitrogens with zero attached hydrogens (tertiary/aromatic N) is 1. The van der Waals surface area contributed by atoms with Gasteiger partial charge >= 0.3 is 0 Å². The van der Waals surface area contributed by atoms with Crippen LogP contribution in [0.3, 0.4) is 0 Å². The molecular formula is C20H26Cl2N2O6S. The van der Waals surface area contributed by atoms with Crippen molar-refractivity contribution in [1.29, 1.82) is 0 Å². The molecule has 0 bridgehead atoms. The SMILES string of the molecule is COc1cc(OC)c(S(=O)(=O)Nc2ccc(Cl)c(O[C@@H]3CCN(C)C3)c2)cc1OC.Cl. The van der Waals surface area contributed by atoms with Crippen molar-refractivity contribution in [2.75, 3.05) is 46.2 Å². The number of halogens is 2. The third kappa shape index (κ3) is 5.79. The van der Waals surface area contributed by atoms with Crippen LogP contribution in [0.4, 0.5) is 5.69 Å². The second-order valence-electron chi connectivity index (χ2n) is 6.90. The van der Waals surface area contributed by atoms with E-state index in [2.05, 4.69) is 9.62 Å². The third-order valence-corrected chi connectivity index (χ3v) is 6.50. The Morgan fingerprint density at radius 1 is 1.00 bits per heavy atom. The Morgan fingerprint density at radius 2 is 1.65 bits per heavy atom. The lowest BCUT2D eigenvalue weighted by molar-refractivity contribution is 0.208. The van der Waals surface area contributed by atoms with Crippen molar-refractivity contribution in [3.63, 3.8) is 0 Å². The lowest BCUT2D eigenvalue weighted by atomic mass is 10.3. The molecule has 1 N–H and O–H groups in total. The van der Waals surface area contributed by atoms with Crippen LogP contribution in [0, 0.1) is 0 Å². The summed E-state index contributed by atoms with van der Waals surface area (Å²) in [7, 11) is 2.29. The highest BCUT2D eigenvalue weighted by Gasteiger charge is 2.25. The molecule has 0 aliphatic carbocycles. The highest BCUT2D eigenvalue weighted by molar-refractivity contribution is 7.92. The number of hydrogen-bond donors (Lipinski definition) is 1. The predicted molar refractivity (Wildman–Crippen MR) is 122 cm³/mol. The molecule has 2 aromatic carbocycles. The largest absolute Gasteiger partial charge is 0.495 e. The van der Waals surface area contributed by atoms with Crippen LogP contribution in [0.25, 0.3) is 0 Å². The van der Waals surface area contributed by atoms with Gasteiger partial charge in [0, 0.05) is 31.3 Å². The van der Waals surface area contributed by atoms with E-state index in [0.29, 0.717) is 22.2 Å². The summed E-state index contributed by atoms with van der Waals surface area (Å²) in [4.78, 5) is 2.08. The van der Waals surface area contributed by atoms with Crippen molar-refractivity contribution in [3.8, 4) is 23.0 Å². The average molecular weight is 493 g/mol. The number of likely N-dealkylation sites (N-methyl/N-ethyl adjacent to an activating group) is 1. The van der Waals surface area contributed by atoms with Gasteiger partial charge in [-0.15, -0.1) is 12.4 Å². The van der Waals surface area contributed by atoms with Gasteiger partial charge in [0.05, 0.1) is 32.0 Å². The molecule has 2 aromatic rings. The number of methoxy groups -OCH3 is 3. The summed E-state index contributed by atoms with van der Waals surface area (Å²) in [6, 6.07) is 7.55. The molecule has 1 aliphatic rings. The summed E-state index contributed by atoms with van der Waals surface area (Å²) in [5, 5.41) is 0.413. The lowest BCUT2D eigenvalue weighted by Gasteiger charge is -2.17. The molecule has 1 atom stereocenters. The monoisotopic (exact) mass is 492 g/mol. The molecule has 31 heavy (non-hydrogen) atoms. The summed E-state index contributed by atoms with van der Waals surface area (Å²) >= 11 is 6.25. The number of likely N-dealkylation sites (tertiary alicyclic amines) is 1. The van der Waals surface area contributed by atoms with Gasteiger partial charge in [-0.25, -0.2) is 8.42 Å². The van der Waals surface area contributed by atoms with Crippen LogP contribution in [0.5, 0.6) is 23.0 Å². The van der Waals surface area contributed by atoms with Crippen molar-refractivity contribution in [1.82, 2.24) is 4.90 Å². The molecule has 172 valence electrons. The van der Waals surface area contributed by atoms with E-state index in [0.717, 1.165) is 19.5 Å². The van der Waals surface area contributed by atoms with Crippen molar-refractivity contribution in [2.24, 2.45) is 0 Å². The Balaban J connectivity index is 0.00000341. The van der Waals surface area contributed by atoms with Gasteiger partial charge in [-0.3, -0.25) is 4.72 Å². The summed E-state index contributed by atoms with van der Waals surface area (Å²) in [5.41, 5.74) is 0.317. The Labute approximate surface area is 193 Å². The predicted octanol–water partition coefficient (Wildman–Crippen LogP) is 3.67. The van der Waals surface area contributed by atoms with E-state index in [1.165, 1.54) is 33.5 Å².